The normalized spacial score (nSPS) is 23.7. The van der Waals surface area contributed by atoms with Crippen LogP contribution in [0.4, 0.5) is 10.1 Å². The van der Waals surface area contributed by atoms with Crippen molar-refractivity contribution in [2.45, 2.75) is 90.6 Å². The molecule has 0 N–H and O–H groups in total. The minimum absolute atomic E-state index is 0.0295. The maximum atomic E-state index is 14.4. The van der Waals surface area contributed by atoms with Crippen molar-refractivity contribution in [2.75, 3.05) is 31.9 Å². The third-order valence-electron chi connectivity index (χ3n) is 9.68. The van der Waals surface area contributed by atoms with Gasteiger partial charge in [-0.3, -0.25) is 9.69 Å². The van der Waals surface area contributed by atoms with Gasteiger partial charge in [0.05, 0.1) is 13.7 Å². The van der Waals surface area contributed by atoms with Crippen molar-refractivity contribution in [3.63, 3.8) is 0 Å². The molecule has 1 aliphatic carbocycles. The quantitative estimate of drug-likeness (QED) is 0.242. The zero-order chi connectivity index (χ0) is 30.0. The van der Waals surface area contributed by atoms with E-state index < -0.39 is 0 Å². The van der Waals surface area contributed by atoms with E-state index in [4.69, 9.17) is 14.2 Å². The number of fused-ring (bicyclic) bond motifs is 1. The smallest absolute Gasteiger partial charge is 0.241 e. The fourth-order valence-electron chi connectivity index (χ4n) is 7.58. The van der Waals surface area contributed by atoms with Crippen LogP contribution in [0.15, 0.2) is 42.5 Å². The van der Waals surface area contributed by atoms with E-state index in [1.807, 2.05) is 11.0 Å². The third kappa shape index (κ3) is 5.77. The predicted molar refractivity (Wildman–Crippen MR) is 165 cm³/mol. The first-order chi connectivity index (χ1) is 20.3. The molecule has 1 saturated carbocycles. The average molecular weight is 579 g/mol. The molecule has 3 aliphatic rings. The molecule has 1 spiro atoms. The maximum absolute atomic E-state index is 14.4. The van der Waals surface area contributed by atoms with Crippen molar-refractivity contribution >= 4 is 11.6 Å². The SMILES string of the molecule is C/C=C/[C@@H](C)C1CC12C[C@@H](c1cc(OC)c3c(c1)OCO3)CN2CC(=O)N(c1ccc(F)c(C)c1)C(CCC)CCC. The van der Waals surface area contributed by atoms with Crippen LogP contribution in [0.1, 0.15) is 83.3 Å². The summed E-state index contributed by atoms with van der Waals surface area (Å²) in [4.78, 5) is 18.9. The second-order valence-electron chi connectivity index (χ2n) is 12.5. The van der Waals surface area contributed by atoms with Crippen molar-refractivity contribution in [2.24, 2.45) is 11.8 Å². The van der Waals surface area contributed by atoms with Gasteiger partial charge in [0.1, 0.15) is 5.82 Å². The summed E-state index contributed by atoms with van der Waals surface area (Å²) in [6.07, 6.45) is 10.3. The van der Waals surface area contributed by atoms with E-state index in [9.17, 15) is 9.18 Å². The number of hydrogen-bond donors (Lipinski definition) is 0. The summed E-state index contributed by atoms with van der Waals surface area (Å²) in [5.74, 6) is 3.10. The summed E-state index contributed by atoms with van der Waals surface area (Å²) in [7, 11) is 1.66. The second-order valence-corrected chi connectivity index (χ2v) is 12.5. The highest BCUT2D eigenvalue weighted by atomic mass is 19.1. The van der Waals surface area contributed by atoms with Gasteiger partial charge >= 0.3 is 0 Å². The van der Waals surface area contributed by atoms with Crippen LogP contribution >= 0.6 is 0 Å². The molecule has 2 aromatic rings. The summed E-state index contributed by atoms with van der Waals surface area (Å²) < 4.78 is 31.3. The van der Waals surface area contributed by atoms with Crippen LogP contribution in [0.5, 0.6) is 17.2 Å². The van der Waals surface area contributed by atoms with Gasteiger partial charge in [-0.25, -0.2) is 4.39 Å². The van der Waals surface area contributed by atoms with Crippen LogP contribution in [-0.2, 0) is 4.79 Å². The highest BCUT2D eigenvalue weighted by Gasteiger charge is 2.63. The first-order valence-electron chi connectivity index (χ1n) is 15.7. The molecular formula is C35H47FN2O4. The summed E-state index contributed by atoms with van der Waals surface area (Å²) in [5, 5.41) is 0. The zero-order valence-corrected chi connectivity index (χ0v) is 26.1. The molecule has 2 aromatic carbocycles. The van der Waals surface area contributed by atoms with Gasteiger partial charge in [-0.2, -0.15) is 0 Å². The lowest BCUT2D eigenvalue weighted by atomic mass is 9.92. The highest BCUT2D eigenvalue weighted by Crippen LogP contribution is 2.62. The number of hydrogen-bond acceptors (Lipinski definition) is 5. The second kappa shape index (κ2) is 12.7. The van der Waals surface area contributed by atoms with Crippen LogP contribution in [0.3, 0.4) is 0 Å². The molecule has 1 saturated heterocycles. The number of likely N-dealkylation sites (tertiary alicyclic amines) is 1. The number of carbonyl (C=O) groups excluding carboxylic acids is 1. The fourth-order valence-corrected chi connectivity index (χ4v) is 7.58. The molecule has 7 heteroatoms. The van der Waals surface area contributed by atoms with Gasteiger partial charge < -0.3 is 19.1 Å². The van der Waals surface area contributed by atoms with Crippen molar-refractivity contribution in [3.05, 3.63) is 59.4 Å². The van der Waals surface area contributed by atoms with Gasteiger partial charge in [0.2, 0.25) is 18.4 Å². The first-order valence-corrected chi connectivity index (χ1v) is 15.7. The molecule has 0 radical (unpaired) electrons. The molecule has 2 unspecified atom stereocenters. The molecule has 2 aliphatic heterocycles. The minimum atomic E-state index is -0.243. The fraction of sp³-hybridized carbons (Fsp3) is 0.571. The van der Waals surface area contributed by atoms with Crippen LogP contribution in [0, 0.1) is 24.6 Å². The lowest BCUT2D eigenvalue weighted by Crippen LogP contribution is -2.48. The molecule has 42 heavy (non-hydrogen) atoms. The molecule has 0 bridgehead atoms. The average Bonchev–Trinajstić information content (AvgIpc) is 3.30. The number of allylic oxidation sites excluding steroid dienone is 2. The number of nitrogens with zero attached hydrogens (tertiary/aromatic N) is 2. The van der Waals surface area contributed by atoms with Crippen molar-refractivity contribution in [1.82, 2.24) is 4.90 Å². The Hall–Kier alpha value is -3.06. The van der Waals surface area contributed by atoms with Crippen molar-refractivity contribution in [3.8, 4) is 17.2 Å². The molecule has 2 heterocycles. The van der Waals surface area contributed by atoms with Gasteiger partial charge in [0, 0.05) is 23.8 Å². The van der Waals surface area contributed by atoms with Crippen LogP contribution in [0.2, 0.25) is 0 Å². The number of anilines is 1. The molecule has 0 aromatic heterocycles. The number of carbonyl (C=O) groups is 1. The molecule has 2 fully saturated rings. The monoisotopic (exact) mass is 578 g/mol. The van der Waals surface area contributed by atoms with Crippen LogP contribution in [-0.4, -0.2) is 49.4 Å². The molecule has 6 nitrogen and oxygen atoms in total. The van der Waals surface area contributed by atoms with Gasteiger partial charge in [0.25, 0.3) is 0 Å². The number of methoxy groups -OCH3 is 1. The topological polar surface area (TPSA) is 51.2 Å². The van der Waals surface area contributed by atoms with E-state index in [1.165, 1.54) is 6.07 Å². The number of aryl methyl sites for hydroxylation is 1. The standard InChI is InChI=1S/C35H47FN2O4/c1-7-10-23(4)29-19-35(29)18-26(25-16-31(40-6)34-32(17-25)41-22-42-34)20-37(35)21-33(39)38(27(11-8-2)12-9-3)28-13-14-30(36)24(5)15-28/h7,10,13-17,23,26-27,29H,8-9,11-12,18-22H2,1-6H3/b10-7+/t23-,26-,29?,35?/m1/s1. The Morgan fingerprint density at radius 1 is 1.19 bits per heavy atom. The molecule has 5 rings (SSSR count). The minimum Gasteiger partial charge on any atom is -0.493 e. The molecule has 1 amide bonds. The first kappa shape index (κ1) is 30.4. The van der Waals surface area contributed by atoms with Crippen molar-refractivity contribution < 1.29 is 23.4 Å². The molecular weight excluding hydrogens is 531 g/mol. The van der Waals surface area contributed by atoms with Crippen LogP contribution in [0.25, 0.3) is 0 Å². The van der Waals surface area contributed by atoms with E-state index in [0.29, 0.717) is 35.4 Å². The Morgan fingerprint density at radius 3 is 2.62 bits per heavy atom. The van der Waals surface area contributed by atoms with E-state index in [2.05, 4.69) is 56.9 Å². The predicted octanol–water partition coefficient (Wildman–Crippen LogP) is 7.63. The zero-order valence-electron chi connectivity index (χ0n) is 26.1. The summed E-state index contributed by atoms with van der Waals surface area (Å²) in [6, 6.07) is 9.36. The van der Waals surface area contributed by atoms with E-state index >= 15 is 0 Å². The van der Waals surface area contributed by atoms with Crippen molar-refractivity contribution in [1.29, 1.82) is 0 Å². The van der Waals surface area contributed by atoms with E-state index in [0.717, 1.165) is 62.1 Å². The van der Waals surface area contributed by atoms with Gasteiger partial charge in [-0.15, -0.1) is 0 Å². The Bertz CT molecular complexity index is 1310. The number of rotatable bonds is 12. The lowest BCUT2D eigenvalue weighted by Gasteiger charge is -2.35. The van der Waals surface area contributed by atoms with Gasteiger partial charge in [-0.1, -0.05) is 45.8 Å². The number of benzene rings is 2. The van der Waals surface area contributed by atoms with Gasteiger partial charge in [0.15, 0.2) is 11.5 Å². The maximum Gasteiger partial charge on any atom is 0.241 e. The largest absolute Gasteiger partial charge is 0.493 e. The third-order valence-corrected chi connectivity index (χ3v) is 9.68. The summed E-state index contributed by atoms with van der Waals surface area (Å²) in [5.41, 5.74) is 2.49. The Balaban J connectivity index is 1.47. The molecule has 4 atom stereocenters. The molecule has 228 valence electrons. The Morgan fingerprint density at radius 2 is 1.95 bits per heavy atom. The lowest BCUT2D eigenvalue weighted by molar-refractivity contribution is -0.120. The summed E-state index contributed by atoms with van der Waals surface area (Å²) >= 11 is 0. The summed E-state index contributed by atoms with van der Waals surface area (Å²) in [6.45, 7) is 11.8. The highest BCUT2D eigenvalue weighted by molar-refractivity contribution is 5.95. The number of amides is 1. The Labute approximate surface area is 250 Å². The van der Waals surface area contributed by atoms with Gasteiger partial charge in [-0.05, 0) is 98.7 Å². The number of ether oxygens (including phenoxy) is 3. The number of halogens is 1. The Kier molecular flexibility index (Phi) is 9.17. The van der Waals surface area contributed by atoms with Crippen LogP contribution < -0.4 is 19.1 Å². The van der Waals surface area contributed by atoms with E-state index in [1.54, 1.807) is 20.1 Å². The van der Waals surface area contributed by atoms with E-state index in [-0.39, 0.29) is 36.0 Å².